The van der Waals surface area contributed by atoms with Crippen molar-refractivity contribution in [3.63, 3.8) is 0 Å². The molecule has 0 bridgehead atoms. The summed E-state index contributed by atoms with van der Waals surface area (Å²) >= 11 is 0. The number of carbonyl (C=O) groups excluding carboxylic acids is 1. The first kappa shape index (κ1) is 21.0. The molecule has 0 saturated carbocycles. The molecular formula is C22H33N3O2. The summed E-state index contributed by atoms with van der Waals surface area (Å²) in [4.78, 5) is 14.4. The molecule has 1 aromatic heterocycles. The van der Waals surface area contributed by atoms with Gasteiger partial charge in [0.1, 0.15) is 0 Å². The van der Waals surface area contributed by atoms with Crippen LogP contribution < -0.4 is 10.6 Å². The fraction of sp³-hybridized carbons (Fsp3) is 0.500. The maximum Gasteiger partial charge on any atom is 0.251 e. The molecule has 0 aliphatic rings. The van der Waals surface area contributed by atoms with E-state index in [-0.39, 0.29) is 5.91 Å². The highest BCUT2D eigenvalue weighted by Gasteiger charge is 2.24. The van der Waals surface area contributed by atoms with E-state index in [0.29, 0.717) is 5.56 Å². The van der Waals surface area contributed by atoms with Gasteiger partial charge < -0.3 is 19.9 Å². The molecule has 148 valence electrons. The number of primary amides is 1. The second-order valence-corrected chi connectivity index (χ2v) is 7.04. The van der Waals surface area contributed by atoms with Gasteiger partial charge in [0, 0.05) is 56.5 Å². The normalized spacial score (nSPS) is 11.0. The molecule has 5 heteroatoms. The average molecular weight is 372 g/mol. The van der Waals surface area contributed by atoms with Crippen LogP contribution in [0.4, 0.5) is 5.69 Å². The van der Waals surface area contributed by atoms with Crippen molar-refractivity contribution in [2.75, 3.05) is 32.2 Å². The number of nitrogens with zero attached hydrogens (tertiary/aromatic N) is 2. The highest BCUT2D eigenvalue weighted by atomic mass is 16.5. The van der Waals surface area contributed by atoms with E-state index in [0.717, 1.165) is 61.5 Å². The van der Waals surface area contributed by atoms with Gasteiger partial charge >= 0.3 is 0 Å². The average Bonchev–Trinajstić information content (AvgIpc) is 2.91. The molecule has 0 aliphatic carbocycles. The first-order valence-electron chi connectivity index (χ1n) is 9.79. The van der Waals surface area contributed by atoms with Gasteiger partial charge in [-0.2, -0.15) is 0 Å². The maximum atomic E-state index is 12.3. The number of amides is 1. The van der Waals surface area contributed by atoms with Gasteiger partial charge in [0.15, 0.2) is 0 Å². The van der Waals surface area contributed by atoms with Crippen LogP contribution in [-0.4, -0.2) is 37.8 Å². The molecule has 2 rings (SSSR count). The Morgan fingerprint density at radius 1 is 1.19 bits per heavy atom. The zero-order valence-corrected chi connectivity index (χ0v) is 17.3. The standard InChI is InChI=1S/C22H33N3O2/c1-6-9-19-21(17-10-12-18(13-11-17)24(4)5)20(22(23)26)16(3)25(19)14-8-15-27-7-2/h10-13H,6-9,14-15H2,1-5H3,(H2,23,26). The summed E-state index contributed by atoms with van der Waals surface area (Å²) in [6.07, 6.45) is 2.83. The molecule has 2 aromatic rings. The van der Waals surface area contributed by atoms with Crippen molar-refractivity contribution < 1.29 is 9.53 Å². The van der Waals surface area contributed by atoms with E-state index in [1.165, 1.54) is 5.69 Å². The van der Waals surface area contributed by atoms with Crippen molar-refractivity contribution >= 4 is 11.6 Å². The van der Waals surface area contributed by atoms with Crippen LogP contribution >= 0.6 is 0 Å². The van der Waals surface area contributed by atoms with E-state index < -0.39 is 0 Å². The number of ether oxygens (including phenoxy) is 1. The summed E-state index contributed by atoms with van der Waals surface area (Å²) in [5.41, 5.74) is 11.8. The Morgan fingerprint density at radius 3 is 2.37 bits per heavy atom. The number of hydrogen-bond acceptors (Lipinski definition) is 3. The minimum Gasteiger partial charge on any atom is -0.382 e. The summed E-state index contributed by atoms with van der Waals surface area (Å²) in [7, 11) is 4.04. The quantitative estimate of drug-likeness (QED) is 0.642. The first-order valence-corrected chi connectivity index (χ1v) is 9.79. The summed E-state index contributed by atoms with van der Waals surface area (Å²) in [6.45, 7) is 8.44. The van der Waals surface area contributed by atoms with Gasteiger partial charge in [-0.25, -0.2) is 0 Å². The second-order valence-electron chi connectivity index (χ2n) is 7.04. The summed E-state index contributed by atoms with van der Waals surface area (Å²) < 4.78 is 7.75. The summed E-state index contributed by atoms with van der Waals surface area (Å²) in [6, 6.07) is 8.33. The van der Waals surface area contributed by atoms with Crippen LogP contribution in [0.15, 0.2) is 24.3 Å². The number of rotatable bonds is 10. The lowest BCUT2D eigenvalue weighted by atomic mass is 9.97. The third-order valence-electron chi connectivity index (χ3n) is 4.91. The lowest BCUT2D eigenvalue weighted by Gasteiger charge is -2.15. The largest absolute Gasteiger partial charge is 0.382 e. The lowest BCUT2D eigenvalue weighted by molar-refractivity contribution is 0.1000. The molecule has 1 aromatic carbocycles. The van der Waals surface area contributed by atoms with Crippen LogP contribution in [0.2, 0.25) is 0 Å². The molecule has 0 saturated heterocycles. The molecule has 1 heterocycles. The topological polar surface area (TPSA) is 60.5 Å². The van der Waals surface area contributed by atoms with Gasteiger partial charge in [-0.05, 0) is 44.4 Å². The monoisotopic (exact) mass is 371 g/mol. The van der Waals surface area contributed by atoms with Gasteiger partial charge in [0.05, 0.1) is 5.56 Å². The van der Waals surface area contributed by atoms with Crippen LogP contribution in [0.1, 0.15) is 48.4 Å². The third kappa shape index (κ3) is 4.72. The maximum absolute atomic E-state index is 12.3. The fourth-order valence-electron chi connectivity index (χ4n) is 3.60. The molecule has 0 fully saturated rings. The number of nitrogens with two attached hydrogens (primary N) is 1. The Hall–Kier alpha value is -2.27. The molecule has 27 heavy (non-hydrogen) atoms. The SMILES string of the molecule is CCCc1c(-c2ccc(N(C)C)cc2)c(C(N)=O)c(C)n1CCCOCC. The van der Waals surface area contributed by atoms with Crippen molar-refractivity contribution in [3.8, 4) is 11.1 Å². The Labute approximate surface area is 163 Å². The highest BCUT2D eigenvalue weighted by Crippen LogP contribution is 2.34. The third-order valence-corrected chi connectivity index (χ3v) is 4.91. The lowest BCUT2D eigenvalue weighted by Crippen LogP contribution is -2.14. The Kier molecular flexibility index (Phi) is 7.48. The second kappa shape index (κ2) is 9.60. The van der Waals surface area contributed by atoms with Crippen LogP contribution in [0.3, 0.4) is 0 Å². The van der Waals surface area contributed by atoms with Gasteiger partial charge in [-0.3, -0.25) is 4.79 Å². The van der Waals surface area contributed by atoms with E-state index in [1.807, 2.05) is 27.9 Å². The Balaban J connectivity index is 2.54. The van der Waals surface area contributed by atoms with Crippen LogP contribution in [-0.2, 0) is 17.7 Å². The van der Waals surface area contributed by atoms with E-state index in [1.54, 1.807) is 0 Å². The zero-order valence-electron chi connectivity index (χ0n) is 17.3. The van der Waals surface area contributed by atoms with Crippen molar-refractivity contribution in [2.45, 2.75) is 46.6 Å². The molecule has 0 unspecified atom stereocenters. The smallest absolute Gasteiger partial charge is 0.251 e. The number of hydrogen-bond donors (Lipinski definition) is 1. The minimum atomic E-state index is -0.361. The molecule has 0 atom stereocenters. The Bertz CT molecular complexity index is 761. The summed E-state index contributed by atoms with van der Waals surface area (Å²) in [5, 5.41) is 0. The number of anilines is 1. The Morgan fingerprint density at radius 2 is 1.85 bits per heavy atom. The molecule has 0 spiro atoms. The minimum absolute atomic E-state index is 0.361. The van der Waals surface area contributed by atoms with Crippen LogP contribution in [0, 0.1) is 6.92 Å². The predicted molar refractivity (Wildman–Crippen MR) is 113 cm³/mol. The van der Waals surface area contributed by atoms with Crippen molar-refractivity contribution in [1.82, 2.24) is 4.57 Å². The first-order chi connectivity index (χ1) is 12.9. The highest BCUT2D eigenvalue weighted by molar-refractivity contribution is 6.02. The van der Waals surface area contributed by atoms with Gasteiger partial charge in [-0.15, -0.1) is 0 Å². The van der Waals surface area contributed by atoms with Crippen molar-refractivity contribution in [3.05, 3.63) is 41.2 Å². The molecule has 0 radical (unpaired) electrons. The zero-order chi connectivity index (χ0) is 20.0. The molecule has 1 amide bonds. The van der Waals surface area contributed by atoms with Crippen LogP contribution in [0.5, 0.6) is 0 Å². The molecule has 0 aliphatic heterocycles. The van der Waals surface area contributed by atoms with E-state index in [9.17, 15) is 4.79 Å². The fourth-order valence-corrected chi connectivity index (χ4v) is 3.60. The van der Waals surface area contributed by atoms with Crippen molar-refractivity contribution in [1.29, 1.82) is 0 Å². The molecular weight excluding hydrogens is 338 g/mol. The van der Waals surface area contributed by atoms with Crippen molar-refractivity contribution in [2.24, 2.45) is 5.73 Å². The van der Waals surface area contributed by atoms with Gasteiger partial charge in [-0.1, -0.05) is 25.5 Å². The van der Waals surface area contributed by atoms with E-state index in [2.05, 4.69) is 40.7 Å². The molecule has 5 nitrogen and oxygen atoms in total. The number of carbonyl (C=O) groups is 1. The van der Waals surface area contributed by atoms with Gasteiger partial charge in [0.2, 0.25) is 0 Å². The molecule has 2 N–H and O–H groups in total. The van der Waals surface area contributed by atoms with E-state index >= 15 is 0 Å². The van der Waals surface area contributed by atoms with Gasteiger partial charge in [0.25, 0.3) is 5.91 Å². The number of aromatic nitrogens is 1. The predicted octanol–water partition coefficient (Wildman–Crippen LogP) is 4.01. The number of benzene rings is 1. The van der Waals surface area contributed by atoms with Crippen LogP contribution in [0.25, 0.3) is 11.1 Å². The summed E-state index contributed by atoms with van der Waals surface area (Å²) in [5.74, 6) is -0.361. The van der Waals surface area contributed by atoms with E-state index in [4.69, 9.17) is 10.5 Å².